The van der Waals surface area contributed by atoms with E-state index in [1.54, 1.807) is 14.0 Å². The molecule has 0 aliphatic carbocycles. The number of aromatic hydroxyl groups is 1. The Bertz CT molecular complexity index is 608. The summed E-state index contributed by atoms with van der Waals surface area (Å²) in [5, 5.41) is 13.7. The Morgan fingerprint density at radius 3 is 2.61 bits per heavy atom. The molecule has 2 rings (SSSR count). The predicted molar refractivity (Wildman–Crippen MR) is 66.0 cm³/mol. The number of ether oxygens (including phenoxy) is 1. The van der Waals surface area contributed by atoms with Gasteiger partial charge in [-0.15, -0.1) is 0 Å². The number of nitrogens with two attached hydrogens (primary N) is 1. The zero-order valence-electron chi connectivity index (χ0n) is 10.4. The van der Waals surface area contributed by atoms with E-state index in [0.717, 1.165) is 0 Å². The first-order valence-electron chi connectivity index (χ1n) is 5.31. The van der Waals surface area contributed by atoms with Crippen LogP contribution in [-0.4, -0.2) is 22.0 Å². The van der Waals surface area contributed by atoms with Gasteiger partial charge in [0.25, 0.3) is 0 Å². The SMILES string of the molecule is COc1c(O)c(C)cc(-c2cnn(C)c2N)c1F. The molecule has 2 aromatic rings. The summed E-state index contributed by atoms with van der Waals surface area (Å²) in [6, 6.07) is 1.51. The first-order chi connectivity index (χ1) is 8.47. The van der Waals surface area contributed by atoms with Gasteiger partial charge in [-0.2, -0.15) is 5.10 Å². The summed E-state index contributed by atoms with van der Waals surface area (Å²) in [4.78, 5) is 0. The fourth-order valence-electron chi connectivity index (χ4n) is 1.79. The second kappa shape index (κ2) is 4.21. The molecule has 1 aromatic carbocycles. The first-order valence-corrected chi connectivity index (χ1v) is 5.31. The van der Waals surface area contributed by atoms with Crippen LogP contribution in [0, 0.1) is 12.7 Å². The summed E-state index contributed by atoms with van der Waals surface area (Å²) in [7, 11) is 2.97. The maximum Gasteiger partial charge on any atom is 0.197 e. The van der Waals surface area contributed by atoms with E-state index >= 15 is 0 Å². The number of anilines is 1. The van der Waals surface area contributed by atoms with E-state index < -0.39 is 5.82 Å². The number of benzene rings is 1. The van der Waals surface area contributed by atoms with Crippen molar-refractivity contribution in [1.29, 1.82) is 0 Å². The van der Waals surface area contributed by atoms with Crippen LogP contribution < -0.4 is 10.5 Å². The molecule has 0 atom stereocenters. The lowest BCUT2D eigenvalue weighted by Gasteiger charge is -2.11. The van der Waals surface area contributed by atoms with Crippen molar-refractivity contribution in [3.05, 3.63) is 23.6 Å². The van der Waals surface area contributed by atoms with E-state index in [2.05, 4.69) is 5.10 Å². The third-order valence-electron chi connectivity index (χ3n) is 2.86. The van der Waals surface area contributed by atoms with Crippen molar-refractivity contribution in [2.75, 3.05) is 12.8 Å². The van der Waals surface area contributed by atoms with Gasteiger partial charge in [0.15, 0.2) is 17.3 Å². The van der Waals surface area contributed by atoms with Crippen molar-refractivity contribution in [2.45, 2.75) is 6.92 Å². The molecule has 6 heteroatoms. The molecule has 5 nitrogen and oxygen atoms in total. The molecule has 0 aliphatic heterocycles. The van der Waals surface area contributed by atoms with Crippen molar-refractivity contribution in [3.63, 3.8) is 0 Å². The number of methoxy groups -OCH3 is 1. The Balaban J connectivity index is 2.73. The van der Waals surface area contributed by atoms with Crippen LogP contribution in [0.4, 0.5) is 10.2 Å². The quantitative estimate of drug-likeness (QED) is 0.854. The number of phenolic OH excluding ortho intramolecular Hbond substituents is 1. The maximum absolute atomic E-state index is 14.2. The Labute approximate surface area is 104 Å². The van der Waals surface area contributed by atoms with Crippen LogP contribution in [0.25, 0.3) is 11.1 Å². The molecule has 0 saturated heterocycles. The van der Waals surface area contributed by atoms with E-state index in [4.69, 9.17) is 10.5 Å². The lowest BCUT2D eigenvalue weighted by molar-refractivity contribution is 0.350. The third kappa shape index (κ3) is 1.66. The first kappa shape index (κ1) is 12.2. The molecule has 0 saturated carbocycles. The van der Waals surface area contributed by atoms with Gasteiger partial charge in [0.1, 0.15) is 5.82 Å². The number of aryl methyl sites for hydroxylation is 2. The molecule has 0 aliphatic rings. The standard InChI is InChI=1S/C12H14FN3O2/c1-6-4-7(8-5-15-16(2)12(8)14)9(13)11(18-3)10(6)17/h4-5,17H,14H2,1-3H3. The number of nitrogen functional groups attached to an aromatic ring is 1. The highest BCUT2D eigenvalue weighted by atomic mass is 19.1. The number of nitrogens with zero attached hydrogens (tertiary/aromatic N) is 2. The zero-order chi connectivity index (χ0) is 13.4. The van der Waals surface area contributed by atoms with Gasteiger partial charge in [0, 0.05) is 18.2 Å². The Kier molecular flexibility index (Phi) is 2.86. The summed E-state index contributed by atoms with van der Waals surface area (Å²) in [5.41, 5.74) is 7.05. The summed E-state index contributed by atoms with van der Waals surface area (Å²) in [5.74, 6) is -0.698. The fourth-order valence-corrected chi connectivity index (χ4v) is 1.79. The number of phenols is 1. The van der Waals surface area contributed by atoms with Crippen LogP contribution >= 0.6 is 0 Å². The van der Waals surface area contributed by atoms with E-state index in [1.807, 2.05) is 0 Å². The molecule has 0 spiro atoms. The highest BCUT2D eigenvalue weighted by Crippen LogP contribution is 2.40. The molecule has 0 unspecified atom stereocenters. The normalized spacial score (nSPS) is 10.7. The molecule has 3 N–H and O–H groups in total. The largest absolute Gasteiger partial charge is 0.504 e. The topological polar surface area (TPSA) is 73.3 Å². The molecule has 96 valence electrons. The minimum absolute atomic E-state index is 0.187. The molecule has 0 bridgehead atoms. The van der Waals surface area contributed by atoms with E-state index in [0.29, 0.717) is 16.9 Å². The van der Waals surface area contributed by atoms with Gasteiger partial charge in [-0.1, -0.05) is 0 Å². The molecule has 0 fully saturated rings. The van der Waals surface area contributed by atoms with Gasteiger partial charge < -0.3 is 15.6 Å². The summed E-state index contributed by atoms with van der Waals surface area (Å²) in [6.07, 6.45) is 1.48. The highest BCUT2D eigenvalue weighted by Gasteiger charge is 2.20. The number of rotatable bonds is 2. The lowest BCUT2D eigenvalue weighted by atomic mass is 10.0. The average Bonchev–Trinajstić information content (AvgIpc) is 2.66. The van der Waals surface area contributed by atoms with Crippen LogP contribution in [0.2, 0.25) is 0 Å². The molecular weight excluding hydrogens is 237 g/mol. The monoisotopic (exact) mass is 251 g/mol. The summed E-state index contributed by atoms with van der Waals surface area (Å²) < 4.78 is 20.5. The van der Waals surface area contributed by atoms with Crippen LogP contribution in [0.15, 0.2) is 12.3 Å². The van der Waals surface area contributed by atoms with E-state index in [1.165, 1.54) is 24.1 Å². The summed E-state index contributed by atoms with van der Waals surface area (Å²) in [6.45, 7) is 1.66. The number of hydrogen-bond acceptors (Lipinski definition) is 4. The van der Waals surface area contributed by atoms with Gasteiger partial charge in [-0.25, -0.2) is 4.39 Å². The fraction of sp³-hybridized carbons (Fsp3) is 0.250. The van der Waals surface area contributed by atoms with Crippen molar-refractivity contribution >= 4 is 5.82 Å². The second-order valence-electron chi connectivity index (χ2n) is 4.00. The molecule has 1 heterocycles. The van der Waals surface area contributed by atoms with E-state index in [9.17, 15) is 9.50 Å². The minimum atomic E-state index is -0.653. The predicted octanol–water partition coefficient (Wildman–Crippen LogP) is 1.83. The molecule has 0 radical (unpaired) electrons. The van der Waals surface area contributed by atoms with E-state index in [-0.39, 0.29) is 17.1 Å². The van der Waals surface area contributed by atoms with Crippen molar-refractivity contribution in [2.24, 2.45) is 7.05 Å². The summed E-state index contributed by atoms with van der Waals surface area (Å²) >= 11 is 0. The van der Waals surface area contributed by atoms with Gasteiger partial charge in [0.2, 0.25) is 0 Å². The Morgan fingerprint density at radius 2 is 2.11 bits per heavy atom. The smallest absolute Gasteiger partial charge is 0.197 e. The number of halogens is 1. The van der Waals surface area contributed by atoms with Gasteiger partial charge in [0.05, 0.1) is 13.3 Å². The van der Waals surface area contributed by atoms with Gasteiger partial charge >= 0.3 is 0 Å². The zero-order valence-corrected chi connectivity index (χ0v) is 10.4. The maximum atomic E-state index is 14.2. The number of hydrogen-bond donors (Lipinski definition) is 2. The van der Waals surface area contributed by atoms with Gasteiger partial charge in [-0.05, 0) is 18.6 Å². The van der Waals surface area contributed by atoms with Crippen LogP contribution in [0.5, 0.6) is 11.5 Å². The lowest BCUT2D eigenvalue weighted by Crippen LogP contribution is -2.00. The Morgan fingerprint density at radius 1 is 1.44 bits per heavy atom. The second-order valence-corrected chi connectivity index (χ2v) is 4.00. The van der Waals surface area contributed by atoms with Crippen molar-refractivity contribution in [1.82, 2.24) is 9.78 Å². The molecule has 1 aromatic heterocycles. The van der Waals surface area contributed by atoms with Crippen LogP contribution in [0.1, 0.15) is 5.56 Å². The average molecular weight is 251 g/mol. The van der Waals surface area contributed by atoms with Gasteiger partial charge in [-0.3, -0.25) is 4.68 Å². The van der Waals surface area contributed by atoms with Crippen molar-refractivity contribution < 1.29 is 14.2 Å². The molecule has 18 heavy (non-hydrogen) atoms. The van der Waals surface area contributed by atoms with Crippen LogP contribution in [0.3, 0.4) is 0 Å². The third-order valence-corrected chi connectivity index (χ3v) is 2.86. The molecular formula is C12H14FN3O2. The van der Waals surface area contributed by atoms with Crippen LogP contribution in [-0.2, 0) is 7.05 Å². The Hall–Kier alpha value is -2.24. The minimum Gasteiger partial charge on any atom is -0.504 e. The molecule has 0 amide bonds. The highest BCUT2D eigenvalue weighted by molar-refractivity contribution is 5.77. The number of aromatic nitrogens is 2. The van der Waals surface area contributed by atoms with Crippen molar-refractivity contribution in [3.8, 4) is 22.6 Å².